The first-order valence-corrected chi connectivity index (χ1v) is 8.68. The molecule has 20 heavy (non-hydrogen) atoms. The maximum Gasteiger partial charge on any atom is 0.144 e. The Labute approximate surface area is 134 Å². The van der Waals surface area contributed by atoms with E-state index in [-0.39, 0.29) is 6.10 Å². The molecule has 0 spiro atoms. The number of hydrogen-bond donors (Lipinski definition) is 1. The van der Waals surface area contributed by atoms with E-state index in [1.807, 2.05) is 0 Å². The molecule has 1 atom stereocenters. The Morgan fingerprint density at radius 1 is 1.40 bits per heavy atom. The smallest absolute Gasteiger partial charge is 0.144 e. The number of aromatic amines is 1. The van der Waals surface area contributed by atoms with Crippen LogP contribution in [0.15, 0.2) is 4.47 Å². The second-order valence-corrected chi connectivity index (χ2v) is 6.70. The summed E-state index contributed by atoms with van der Waals surface area (Å²) >= 11 is 8.92. The van der Waals surface area contributed by atoms with E-state index >= 15 is 0 Å². The van der Waals surface area contributed by atoms with Crippen molar-refractivity contribution < 1.29 is 4.74 Å². The molecular formula is C15H23BrN2OS. The summed E-state index contributed by atoms with van der Waals surface area (Å²) in [5.41, 5.74) is 1.14. The van der Waals surface area contributed by atoms with Crippen LogP contribution in [0.25, 0.3) is 0 Å². The number of nitrogens with zero attached hydrogens (tertiary/aromatic N) is 1. The molecule has 1 saturated carbocycles. The van der Waals surface area contributed by atoms with E-state index in [9.17, 15) is 0 Å². The van der Waals surface area contributed by atoms with Crippen molar-refractivity contribution in [2.45, 2.75) is 58.0 Å². The molecule has 1 fully saturated rings. The number of methoxy groups -OCH3 is 1. The number of aryl methyl sites for hydroxylation is 1. The Hall–Kier alpha value is -0.260. The molecule has 0 radical (unpaired) electrons. The van der Waals surface area contributed by atoms with Crippen molar-refractivity contribution in [2.75, 3.05) is 7.11 Å². The van der Waals surface area contributed by atoms with Crippen LogP contribution in [0.3, 0.4) is 0 Å². The van der Waals surface area contributed by atoms with E-state index < -0.39 is 0 Å². The highest BCUT2D eigenvalue weighted by Gasteiger charge is 2.27. The van der Waals surface area contributed by atoms with Crippen LogP contribution >= 0.6 is 28.1 Å². The Kier molecular flexibility index (Phi) is 6.18. The molecule has 1 aliphatic rings. The normalized spacial score (nSPS) is 18.1. The number of nitrogens with one attached hydrogen (secondary N) is 1. The molecule has 0 amide bonds. The summed E-state index contributed by atoms with van der Waals surface area (Å²) in [5, 5.41) is 0. The summed E-state index contributed by atoms with van der Waals surface area (Å²) < 4.78 is 7.31. The molecule has 1 aliphatic carbocycles. The summed E-state index contributed by atoms with van der Waals surface area (Å²) in [5.74, 6) is 1.46. The molecule has 0 aliphatic heterocycles. The lowest BCUT2D eigenvalue weighted by molar-refractivity contribution is 0.0286. The van der Waals surface area contributed by atoms with E-state index in [0.29, 0.717) is 10.6 Å². The molecule has 3 nitrogen and oxygen atoms in total. The first-order valence-electron chi connectivity index (χ1n) is 7.48. The largest absolute Gasteiger partial charge is 0.373 e. The van der Waals surface area contributed by atoms with E-state index in [1.165, 1.54) is 32.1 Å². The predicted octanol–water partition coefficient (Wildman–Crippen LogP) is 5.12. The average molecular weight is 359 g/mol. The van der Waals surface area contributed by atoms with Crippen LogP contribution in [0.5, 0.6) is 0 Å². The van der Waals surface area contributed by atoms with Gasteiger partial charge in [-0.1, -0.05) is 44.8 Å². The minimum absolute atomic E-state index is 0.0423. The van der Waals surface area contributed by atoms with Crippen molar-refractivity contribution in [3.05, 3.63) is 20.6 Å². The summed E-state index contributed by atoms with van der Waals surface area (Å²) in [4.78, 5) is 8.00. The van der Waals surface area contributed by atoms with Crippen LogP contribution in [0, 0.1) is 10.6 Å². The number of aromatic nitrogens is 2. The highest BCUT2D eigenvalue weighted by Crippen LogP contribution is 2.35. The molecule has 2 rings (SSSR count). The van der Waals surface area contributed by atoms with Gasteiger partial charge in [-0.25, -0.2) is 4.98 Å². The highest BCUT2D eigenvalue weighted by atomic mass is 79.9. The van der Waals surface area contributed by atoms with Gasteiger partial charge >= 0.3 is 0 Å². The fraction of sp³-hybridized carbons (Fsp3) is 0.733. The van der Waals surface area contributed by atoms with Gasteiger partial charge in [-0.15, -0.1) is 0 Å². The van der Waals surface area contributed by atoms with Gasteiger partial charge in [0.05, 0.1) is 4.47 Å². The third-order valence-corrected chi connectivity index (χ3v) is 5.47. The molecule has 0 aromatic carbocycles. The summed E-state index contributed by atoms with van der Waals surface area (Å²) in [7, 11) is 1.78. The molecule has 1 unspecified atom stereocenters. The fourth-order valence-corrected chi connectivity index (χ4v) is 3.65. The minimum atomic E-state index is 0.0423. The van der Waals surface area contributed by atoms with Crippen LogP contribution in [-0.2, 0) is 11.2 Å². The van der Waals surface area contributed by atoms with Gasteiger partial charge in [0.15, 0.2) is 0 Å². The summed E-state index contributed by atoms with van der Waals surface area (Å²) in [6.45, 7) is 2.17. The number of ether oxygens (including phenoxy) is 1. The molecular weight excluding hydrogens is 336 g/mol. The lowest BCUT2D eigenvalue weighted by Gasteiger charge is -2.28. The van der Waals surface area contributed by atoms with Gasteiger partial charge < -0.3 is 9.72 Å². The molecule has 1 heterocycles. The molecule has 0 saturated heterocycles. The van der Waals surface area contributed by atoms with E-state index in [2.05, 4.69) is 32.8 Å². The first-order chi connectivity index (χ1) is 9.67. The zero-order valence-electron chi connectivity index (χ0n) is 12.2. The predicted molar refractivity (Wildman–Crippen MR) is 87.4 cm³/mol. The maximum absolute atomic E-state index is 5.75. The zero-order chi connectivity index (χ0) is 14.5. The van der Waals surface area contributed by atoms with Gasteiger partial charge in [0.1, 0.15) is 16.6 Å². The average Bonchev–Trinajstić information content (AvgIpc) is 2.46. The van der Waals surface area contributed by atoms with Crippen molar-refractivity contribution in [2.24, 2.45) is 5.92 Å². The number of H-pyrrole nitrogens is 1. The van der Waals surface area contributed by atoms with Crippen LogP contribution in [0.1, 0.15) is 63.1 Å². The number of halogens is 1. The standard InChI is InChI=1S/C15H23BrN2OS/c1-3-7-11-12(16)15(20)18-14(17-11)13(19-2)10-8-5-4-6-9-10/h10,13H,3-9H2,1-2H3,(H,17,18,20). The molecule has 1 N–H and O–H groups in total. The quantitative estimate of drug-likeness (QED) is 0.742. The Balaban J connectivity index is 2.31. The molecule has 112 valence electrons. The molecule has 0 bridgehead atoms. The van der Waals surface area contributed by atoms with Crippen LogP contribution in [0.2, 0.25) is 0 Å². The van der Waals surface area contributed by atoms with Gasteiger partial charge in [-0.2, -0.15) is 0 Å². The van der Waals surface area contributed by atoms with Gasteiger partial charge in [-0.05, 0) is 41.1 Å². The minimum Gasteiger partial charge on any atom is -0.373 e. The van der Waals surface area contributed by atoms with Crippen molar-refractivity contribution in [1.29, 1.82) is 0 Å². The summed E-state index contributed by atoms with van der Waals surface area (Å²) in [6, 6.07) is 0. The highest BCUT2D eigenvalue weighted by molar-refractivity contribution is 9.10. The maximum atomic E-state index is 5.75. The van der Waals surface area contributed by atoms with Gasteiger partial charge in [0.2, 0.25) is 0 Å². The second kappa shape index (κ2) is 7.66. The van der Waals surface area contributed by atoms with E-state index in [0.717, 1.165) is 28.8 Å². The van der Waals surface area contributed by atoms with E-state index in [4.69, 9.17) is 17.0 Å². The van der Waals surface area contributed by atoms with Gasteiger partial charge in [0, 0.05) is 12.8 Å². The van der Waals surface area contributed by atoms with Crippen LogP contribution < -0.4 is 0 Å². The topological polar surface area (TPSA) is 37.9 Å². The van der Waals surface area contributed by atoms with Gasteiger partial charge in [0.25, 0.3) is 0 Å². The van der Waals surface area contributed by atoms with Crippen molar-refractivity contribution >= 4 is 28.1 Å². The van der Waals surface area contributed by atoms with E-state index in [1.54, 1.807) is 7.11 Å². The molecule has 1 aromatic heterocycles. The Bertz CT molecular complexity index is 497. The molecule has 1 aromatic rings. The third-order valence-electron chi connectivity index (χ3n) is 4.06. The SMILES string of the molecule is CCCc1[nH]c(C(OC)C2CCCCC2)nc(=S)c1Br. The van der Waals surface area contributed by atoms with Gasteiger partial charge in [-0.3, -0.25) is 0 Å². The van der Waals surface area contributed by atoms with Crippen molar-refractivity contribution in [3.63, 3.8) is 0 Å². The molecule has 5 heteroatoms. The number of hydrogen-bond acceptors (Lipinski definition) is 3. The fourth-order valence-electron chi connectivity index (χ4n) is 3.05. The lowest BCUT2D eigenvalue weighted by atomic mass is 9.85. The van der Waals surface area contributed by atoms with Crippen molar-refractivity contribution in [1.82, 2.24) is 9.97 Å². The monoisotopic (exact) mass is 358 g/mol. The van der Waals surface area contributed by atoms with Crippen LogP contribution in [0.4, 0.5) is 0 Å². The Morgan fingerprint density at radius 2 is 2.10 bits per heavy atom. The third kappa shape index (κ3) is 3.68. The lowest BCUT2D eigenvalue weighted by Crippen LogP contribution is -2.21. The Morgan fingerprint density at radius 3 is 2.70 bits per heavy atom. The van der Waals surface area contributed by atoms with Crippen molar-refractivity contribution in [3.8, 4) is 0 Å². The first kappa shape index (κ1) is 16.1. The number of rotatable bonds is 5. The summed E-state index contributed by atoms with van der Waals surface area (Å²) in [6.07, 6.45) is 8.47. The zero-order valence-corrected chi connectivity index (χ0v) is 14.6. The second-order valence-electron chi connectivity index (χ2n) is 5.52. The van der Waals surface area contributed by atoms with Crippen LogP contribution in [-0.4, -0.2) is 17.1 Å².